The summed E-state index contributed by atoms with van der Waals surface area (Å²) >= 11 is 0. The molecule has 0 amide bonds. The Morgan fingerprint density at radius 3 is 2.52 bits per heavy atom. The molecule has 0 atom stereocenters. The molecule has 0 unspecified atom stereocenters. The zero-order chi connectivity index (χ0) is 18.2. The molecule has 1 aliphatic heterocycles. The third-order valence-corrected chi connectivity index (χ3v) is 6.35. The van der Waals surface area contributed by atoms with Crippen molar-refractivity contribution < 1.29 is 0 Å². The number of rotatable bonds is 5. The predicted molar refractivity (Wildman–Crippen MR) is 109 cm³/mol. The summed E-state index contributed by atoms with van der Waals surface area (Å²) in [6.07, 6.45) is 15.6. The van der Waals surface area contributed by atoms with E-state index < -0.39 is 0 Å². The third kappa shape index (κ3) is 3.08. The van der Waals surface area contributed by atoms with Crippen LogP contribution in [0.2, 0.25) is 0 Å². The van der Waals surface area contributed by atoms with E-state index in [0.717, 1.165) is 55.7 Å². The Kier molecular flexibility index (Phi) is 4.48. The molecule has 2 aromatic rings. The Hall–Kier alpha value is -2.14. The minimum Gasteiger partial charge on any atom is -0.307 e. The number of fused-ring (bicyclic) bond motifs is 3. The van der Waals surface area contributed by atoms with E-state index in [-0.39, 0.29) is 5.56 Å². The number of H-pyrrole nitrogens is 1. The molecule has 142 valence electrons. The van der Waals surface area contributed by atoms with Crippen LogP contribution in [0.1, 0.15) is 55.3 Å². The lowest BCUT2D eigenvalue weighted by Gasteiger charge is -2.26. The van der Waals surface area contributed by atoms with E-state index in [1.807, 2.05) is 0 Å². The van der Waals surface area contributed by atoms with Crippen molar-refractivity contribution in [2.45, 2.75) is 57.9 Å². The first-order valence-corrected chi connectivity index (χ1v) is 10.6. The second-order valence-electron chi connectivity index (χ2n) is 8.15. The minimum atomic E-state index is 0.0964. The first-order valence-electron chi connectivity index (χ1n) is 10.6. The van der Waals surface area contributed by atoms with Gasteiger partial charge in [0.1, 0.15) is 11.3 Å². The number of aryl methyl sites for hydroxylation is 2. The van der Waals surface area contributed by atoms with Crippen molar-refractivity contribution in [1.82, 2.24) is 19.7 Å². The van der Waals surface area contributed by atoms with Crippen LogP contribution in [0, 0.1) is 0 Å². The molecular formula is C22H28N4O. The maximum Gasteiger partial charge on any atom is 0.253 e. The Morgan fingerprint density at radius 2 is 1.78 bits per heavy atom. The van der Waals surface area contributed by atoms with E-state index >= 15 is 0 Å². The fraction of sp³-hybridized carbons (Fsp3) is 0.545. The number of allylic oxidation sites excluding steroid dienone is 4. The lowest BCUT2D eigenvalue weighted by atomic mass is 9.89. The Labute approximate surface area is 159 Å². The van der Waals surface area contributed by atoms with Crippen LogP contribution in [-0.4, -0.2) is 39.3 Å². The monoisotopic (exact) mass is 364 g/mol. The molecule has 5 heteroatoms. The fourth-order valence-corrected chi connectivity index (χ4v) is 4.83. The van der Waals surface area contributed by atoms with Crippen LogP contribution >= 0.6 is 0 Å². The van der Waals surface area contributed by atoms with Crippen molar-refractivity contribution in [1.29, 1.82) is 0 Å². The van der Waals surface area contributed by atoms with Gasteiger partial charge in [0.2, 0.25) is 0 Å². The molecule has 3 heterocycles. The molecule has 2 aromatic heterocycles. The standard InChI is InChI=1S/C22H28N4O/c27-22-18-11-3-2-10-17(18)19-20(16-8-6-9-16)24-26(21(19)23-22)15-7-14-25-12-4-1-5-13-25/h6,8-9H,1-5,7,10-15H2,(H,23,27). The second kappa shape index (κ2) is 7.12. The van der Waals surface area contributed by atoms with E-state index in [0.29, 0.717) is 0 Å². The number of aromatic amines is 1. The van der Waals surface area contributed by atoms with Gasteiger partial charge in [-0.25, -0.2) is 4.68 Å². The van der Waals surface area contributed by atoms with E-state index in [1.54, 1.807) is 0 Å². The van der Waals surface area contributed by atoms with Gasteiger partial charge < -0.3 is 9.88 Å². The maximum atomic E-state index is 12.7. The molecule has 0 spiro atoms. The van der Waals surface area contributed by atoms with Crippen molar-refractivity contribution in [2.24, 2.45) is 0 Å². The van der Waals surface area contributed by atoms with Gasteiger partial charge in [-0.05, 0) is 70.1 Å². The Balaban J connectivity index is 1.48. The summed E-state index contributed by atoms with van der Waals surface area (Å²) in [4.78, 5) is 18.4. The van der Waals surface area contributed by atoms with Gasteiger partial charge >= 0.3 is 0 Å². The van der Waals surface area contributed by atoms with Crippen LogP contribution in [0.4, 0.5) is 0 Å². The molecule has 1 N–H and O–H groups in total. The molecule has 1 saturated heterocycles. The Bertz CT molecular complexity index is 972. The molecule has 27 heavy (non-hydrogen) atoms. The van der Waals surface area contributed by atoms with Gasteiger partial charge in [-0.3, -0.25) is 4.79 Å². The molecule has 3 aliphatic rings. The zero-order valence-electron chi connectivity index (χ0n) is 16.0. The summed E-state index contributed by atoms with van der Waals surface area (Å²) in [5, 5.41) is 6.14. The van der Waals surface area contributed by atoms with Crippen molar-refractivity contribution in [3.63, 3.8) is 0 Å². The molecule has 0 bridgehead atoms. The van der Waals surface area contributed by atoms with E-state index in [2.05, 4.69) is 32.8 Å². The van der Waals surface area contributed by atoms with Gasteiger partial charge in [-0.2, -0.15) is 5.10 Å². The van der Waals surface area contributed by atoms with Crippen LogP contribution in [-0.2, 0) is 19.4 Å². The maximum absolute atomic E-state index is 12.7. The number of nitrogens with zero attached hydrogens (tertiary/aromatic N) is 3. The van der Waals surface area contributed by atoms with Crippen molar-refractivity contribution in [3.05, 3.63) is 45.4 Å². The fourth-order valence-electron chi connectivity index (χ4n) is 4.83. The lowest BCUT2D eigenvalue weighted by Crippen LogP contribution is -2.31. The number of piperidine rings is 1. The number of hydrogen-bond acceptors (Lipinski definition) is 3. The lowest BCUT2D eigenvalue weighted by molar-refractivity contribution is 0.222. The highest BCUT2D eigenvalue weighted by molar-refractivity contribution is 5.96. The molecule has 5 nitrogen and oxygen atoms in total. The van der Waals surface area contributed by atoms with Crippen molar-refractivity contribution >= 4 is 16.6 Å². The third-order valence-electron chi connectivity index (χ3n) is 6.35. The molecule has 0 aromatic carbocycles. The summed E-state index contributed by atoms with van der Waals surface area (Å²) in [6.45, 7) is 4.44. The highest BCUT2D eigenvalue weighted by Gasteiger charge is 2.24. The van der Waals surface area contributed by atoms with E-state index in [9.17, 15) is 4.79 Å². The van der Waals surface area contributed by atoms with Crippen LogP contribution in [0.25, 0.3) is 16.6 Å². The molecule has 5 rings (SSSR count). The largest absolute Gasteiger partial charge is 0.307 e. The first-order chi connectivity index (χ1) is 13.3. The van der Waals surface area contributed by atoms with Crippen LogP contribution in [0.3, 0.4) is 0 Å². The summed E-state index contributed by atoms with van der Waals surface area (Å²) in [5.41, 5.74) is 5.51. The summed E-state index contributed by atoms with van der Waals surface area (Å²) < 4.78 is 2.05. The molecule has 0 saturated carbocycles. The van der Waals surface area contributed by atoms with Gasteiger partial charge in [0.25, 0.3) is 5.56 Å². The molecular weight excluding hydrogens is 336 g/mol. The number of likely N-dealkylation sites (tertiary alicyclic amines) is 1. The van der Waals surface area contributed by atoms with Crippen molar-refractivity contribution in [3.8, 4) is 0 Å². The normalized spacial score (nSPS) is 19.8. The highest BCUT2D eigenvalue weighted by atomic mass is 16.1. The first kappa shape index (κ1) is 17.0. The van der Waals surface area contributed by atoms with Gasteiger partial charge in [0, 0.05) is 23.1 Å². The molecule has 1 fully saturated rings. The Morgan fingerprint density at radius 1 is 1.00 bits per heavy atom. The quantitative estimate of drug-likeness (QED) is 0.884. The SMILES string of the molecule is O=c1[nH]c2c(c(C3=CC=C3)nn2CCCN2CCCCC2)c2c1CCCC2. The summed E-state index contributed by atoms with van der Waals surface area (Å²) in [6, 6.07) is 0. The van der Waals surface area contributed by atoms with Gasteiger partial charge in [0.15, 0.2) is 0 Å². The average Bonchev–Trinajstić information content (AvgIpc) is 3.00. The van der Waals surface area contributed by atoms with Gasteiger partial charge in [-0.15, -0.1) is 0 Å². The molecule has 0 radical (unpaired) electrons. The van der Waals surface area contributed by atoms with Crippen LogP contribution < -0.4 is 5.56 Å². The molecule has 2 aliphatic carbocycles. The zero-order valence-corrected chi connectivity index (χ0v) is 16.0. The number of hydrogen-bond donors (Lipinski definition) is 1. The average molecular weight is 364 g/mol. The summed E-state index contributed by atoms with van der Waals surface area (Å²) in [7, 11) is 0. The second-order valence-corrected chi connectivity index (χ2v) is 8.15. The van der Waals surface area contributed by atoms with Crippen molar-refractivity contribution in [2.75, 3.05) is 19.6 Å². The van der Waals surface area contributed by atoms with Gasteiger partial charge in [0.05, 0.1) is 0 Å². The van der Waals surface area contributed by atoms with E-state index in [4.69, 9.17) is 5.10 Å². The van der Waals surface area contributed by atoms with Crippen LogP contribution in [0.15, 0.2) is 23.0 Å². The predicted octanol–water partition coefficient (Wildman–Crippen LogP) is 3.43. The van der Waals surface area contributed by atoms with Gasteiger partial charge in [-0.1, -0.05) is 24.6 Å². The number of aromatic nitrogens is 3. The number of nitrogens with one attached hydrogen (secondary N) is 1. The summed E-state index contributed by atoms with van der Waals surface area (Å²) in [5.74, 6) is 0. The minimum absolute atomic E-state index is 0.0964. The highest BCUT2D eigenvalue weighted by Crippen LogP contribution is 2.33. The van der Waals surface area contributed by atoms with E-state index in [1.165, 1.54) is 55.3 Å². The smallest absolute Gasteiger partial charge is 0.253 e. The van der Waals surface area contributed by atoms with Crippen LogP contribution in [0.5, 0.6) is 0 Å². The number of pyridine rings is 1. The topological polar surface area (TPSA) is 53.9 Å².